The highest BCUT2D eigenvalue weighted by atomic mass is 16.5. The number of rotatable bonds is 4. The summed E-state index contributed by atoms with van der Waals surface area (Å²) in [5.41, 5.74) is 6.63. The molecule has 1 aliphatic rings. The average Bonchev–Trinajstić information content (AvgIpc) is 3.14. The van der Waals surface area contributed by atoms with E-state index < -0.39 is 12.1 Å². The van der Waals surface area contributed by atoms with E-state index in [2.05, 4.69) is 41.4 Å². The molecule has 0 atom stereocenters. The van der Waals surface area contributed by atoms with Crippen LogP contribution in [0.2, 0.25) is 0 Å². The first-order valence-corrected chi connectivity index (χ1v) is 10.3. The number of methoxy groups -OCH3 is 1. The van der Waals surface area contributed by atoms with Crippen LogP contribution in [0, 0.1) is 18.8 Å². The normalized spacial score (nSPS) is 11.6. The van der Waals surface area contributed by atoms with Crippen molar-refractivity contribution in [1.29, 1.82) is 0 Å². The standard InChI is InChI=1S/C27H23NO4/c1-18-13-14-20(26(29)31-2)19(16-18)8-7-15-28-27(30)32-17-25-23-11-5-3-9-21(23)22-10-4-6-12-24(22)25/h3-6,9-14,16,25H,15,17H2,1-2H3,(H,28,30). The number of amides is 1. The van der Waals surface area contributed by atoms with Gasteiger partial charge >= 0.3 is 12.1 Å². The summed E-state index contributed by atoms with van der Waals surface area (Å²) in [6, 6.07) is 21.7. The summed E-state index contributed by atoms with van der Waals surface area (Å²) in [6.45, 7) is 2.27. The number of aryl methyl sites for hydroxylation is 1. The molecule has 0 heterocycles. The monoisotopic (exact) mass is 425 g/mol. The lowest BCUT2D eigenvalue weighted by Crippen LogP contribution is -2.26. The molecule has 0 unspecified atom stereocenters. The van der Waals surface area contributed by atoms with E-state index in [1.165, 1.54) is 18.2 Å². The highest BCUT2D eigenvalue weighted by Gasteiger charge is 2.28. The van der Waals surface area contributed by atoms with Gasteiger partial charge in [-0.05, 0) is 46.9 Å². The van der Waals surface area contributed by atoms with Crippen molar-refractivity contribution < 1.29 is 19.1 Å². The topological polar surface area (TPSA) is 64.6 Å². The second-order valence-electron chi connectivity index (χ2n) is 7.52. The molecule has 0 saturated heterocycles. The van der Waals surface area contributed by atoms with Crippen molar-refractivity contribution in [2.24, 2.45) is 0 Å². The number of carbonyl (C=O) groups excluding carboxylic acids is 2. The lowest BCUT2D eigenvalue weighted by molar-refractivity contribution is 0.0600. The number of carbonyl (C=O) groups is 2. The fourth-order valence-electron chi connectivity index (χ4n) is 3.95. The molecule has 0 spiro atoms. The molecule has 1 amide bonds. The van der Waals surface area contributed by atoms with Crippen LogP contribution in [0.5, 0.6) is 0 Å². The molecule has 0 fully saturated rings. The molecule has 1 aliphatic carbocycles. The fraction of sp³-hybridized carbons (Fsp3) is 0.185. The molecule has 3 aromatic carbocycles. The number of hydrogen-bond acceptors (Lipinski definition) is 4. The Morgan fingerprint density at radius 3 is 2.28 bits per heavy atom. The molecule has 0 aromatic heterocycles. The van der Waals surface area contributed by atoms with Gasteiger partial charge in [0.05, 0.1) is 19.2 Å². The Morgan fingerprint density at radius 2 is 1.62 bits per heavy atom. The molecule has 4 rings (SSSR count). The number of hydrogen-bond donors (Lipinski definition) is 1. The predicted molar refractivity (Wildman–Crippen MR) is 122 cm³/mol. The maximum atomic E-state index is 12.2. The highest BCUT2D eigenvalue weighted by molar-refractivity contribution is 5.92. The first-order valence-electron chi connectivity index (χ1n) is 10.3. The highest BCUT2D eigenvalue weighted by Crippen LogP contribution is 2.44. The second-order valence-corrected chi connectivity index (χ2v) is 7.52. The number of esters is 1. The van der Waals surface area contributed by atoms with Crippen LogP contribution in [0.1, 0.15) is 38.5 Å². The van der Waals surface area contributed by atoms with Crippen LogP contribution in [0.25, 0.3) is 11.1 Å². The molecule has 1 N–H and O–H groups in total. The molecular formula is C27H23NO4. The van der Waals surface area contributed by atoms with Crippen molar-refractivity contribution in [3.8, 4) is 23.0 Å². The minimum atomic E-state index is -0.529. The number of fused-ring (bicyclic) bond motifs is 3. The Hall–Kier alpha value is -4.04. The second kappa shape index (κ2) is 9.40. The van der Waals surface area contributed by atoms with E-state index in [4.69, 9.17) is 9.47 Å². The Kier molecular flexibility index (Phi) is 6.23. The van der Waals surface area contributed by atoms with Gasteiger partial charge in [-0.3, -0.25) is 0 Å². The molecule has 5 nitrogen and oxygen atoms in total. The minimum absolute atomic E-state index is 0.00847. The largest absolute Gasteiger partial charge is 0.465 e. The van der Waals surface area contributed by atoms with Crippen molar-refractivity contribution in [3.63, 3.8) is 0 Å². The fourth-order valence-corrected chi connectivity index (χ4v) is 3.95. The SMILES string of the molecule is COC(=O)c1ccc(C)cc1C#CCNC(=O)OCC1c2ccccc2-c2ccccc21. The summed E-state index contributed by atoms with van der Waals surface area (Å²) in [5.74, 6) is 5.36. The van der Waals surface area contributed by atoms with Crippen LogP contribution in [0.15, 0.2) is 66.7 Å². The minimum Gasteiger partial charge on any atom is -0.465 e. The van der Waals surface area contributed by atoms with Crippen molar-refractivity contribution in [1.82, 2.24) is 5.32 Å². The zero-order chi connectivity index (χ0) is 22.5. The van der Waals surface area contributed by atoms with Gasteiger partial charge in [-0.25, -0.2) is 9.59 Å². The van der Waals surface area contributed by atoms with Crippen molar-refractivity contribution in [3.05, 3.63) is 94.5 Å². The van der Waals surface area contributed by atoms with Crippen LogP contribution >= 0.6 is 0 Å². The summed E-state index contributed by atoms with van der Waals surface area (Å²) >= 11 is 0. The molecule has 0 saturated carbocycles. The van der Waals surface area contributed by atoms with Crippen LogP contribution in [0.4, 0.5) is 4.79 Å². The third kappa shape index (κ3) is 4.35. The number of alkyl carbamates (subject to hydrolysis) is 1. The van der Waals surface area contributed by atoms with E-state index in [9.17, 15) is 9.59 Å². The van der Waals surface area contributed by atoms with Gasteiger partial charge in [-0.15, -0.1) is 0 Å². The van der Waals surface area contributed by atoms with Crippen LogP contribution in [0.3, 0.4) is 0 Å². The number of nitrogens with one attached hydrogen (secondary N) is 1. The first kappa shape index (κ1) is 21.2. The van der Waals surface area contributed by atoms with E-state index >= 15 is 0 Å². The molecule has 3 aromatic rings. The Balaban J connectivity index is 1.37. The van der Waals surface area contributed by atoms with E-state index in [1.54, 1.807) is 6.07 Å². The quantitative estimate of drug-likeness (QED) is 0.487. The first-order chi connectivity index (χ1) is 15.6. The summed E-state index contributed by atoms with van der Waals surface area (Å²) in [6.07, 6.45) is -0.529. The van der Waals surface area contributed by atoms with Gasteiger partial charge in [0.15, 0.2) is 0 Å². The van der Waals surface area contributed by atoms with Gasteiger partial charge in [0.2, 0.25) is 0 Å². The van der Waals surface area contributed by atoms with Crippen LogP contribution in [-0.4, -0.2) is 32.3 Å². The molecule has 32 heavy (non-hydrogen) atoms. The van der Waals surface area contributed by atoms with Gasteiger partial charge in [0.25, 0.3) is 0 Å². The van der Waals surface area contributed by atoms with Crippen LogP contribution in [-0.2, 0) is 9.47 Å². The lowest BCUT2D eigenvalue weighted by atomic mass is 9.98. The zero-order valence-corrected chi connectivity index (χ0v) is 18.0. The van der Waals surface area contributed by atoms with Crippen molar-refractivity contribution >= 4 is 12.1 Å². The Morgan fingerprint density at radius 1 is 0.969 bits per heavy atom. The Bertz CT molecular complexity index is 1190. The summed E-state index contributed by atoms with van der Waals surface area (Å²) in [5, 5.41) is 2.65. The molecule has 5 heteroatoms. The Labute approximate surface area is 187 Å². The summed E-state index contributed by atoms with van der Waals surface area (Å²) in [7, 11) is 1.33. The molecule has 160 valence electrons. The van der Waals surface area contributed by atoms with Gasteiger partial charge < -0.3 is 14.8 Å². The van der Waals surface area contributed by atoms with E-state index in [-0.39, 0.29) is 19.1 Å². The smallest absolute Gasteiger partial charge is 0.407 e. The zero-order valence-electron chi connectivity index (χ0n) is 18.0. The lowest BCUT2D eigenvalue weighted by Gasteiger charge is -2.14. The van der Waals surface area contributed by atoms with Gasteiger partial charge in [-0.1, -0.05) is 66.4 Å². The number of ether oxygens (including phenoxy) is 2. The molecule has 0 bridgehead atoms. The maximum absolute atomic E-state index is 12.2. The molecular weight excluding hydrogens is 402 g/mol. The predicted octanol–water partition coefficient (Wildman–Crippen LogP) is 4.67. The average molecular weight is 425 g/mol. The van der Waals surface area contributed by atoms with Crippen LogP contribution < -0.4 is 5.32 Å². The van der Waals surface area contributed by atoms with E-state index in [0.717, 1.165) is 16.7 Å². The van der Waals surface area contributed by atoms with Gasteiger partial charge in [0, 0.05) is 11.5 Å². The van der Waals surface area contributed by atoms with E-state index in [1.807, 2.05) is 43.3 Å². The molecule has 0 radical (unpaired) electrons. The van der Waals surface area contributed by atoms with Crippen molar-refractivity contribution in [2.45, 2.75) is 12.8 Å². The van der Waals surface area contributed by atoms with Gasteiger partial charge in [0.1, 0.15) is 6.61 Å². The third-order valence-corrected chi connectivity index (χ3v) is 5.47. The van der Waals surface area contributed by atoms with Gasteiger partial charge in [-0.2, -0.15) is 0 Å². The van der Waals surface area contributed by atoms with Crippen molar-refractivity contribution in [2.75, 3.05) is 20.3 Å². The maximum Gasteiger partial charge on any atom is 0.407 e. The third-order valence-electron chi connectivity index (χ3n) is 5.47. The summed E-state index contributed by atoms with van der Waals surface area (Å²) < 4.78 is 10.3. The number of benzene rings is 3. The summed E-state index contributed by atoms with van der Waals surface area (Å²) in [4.78, 5) is 24.1. The van der Waals surface area contributed by atoms with E-state index in [0.29, 0.717) is 11.1 Å². The molecule has 0 aliphatic heterocycles.